The van der Waals surface area contributed by atoms with Crippen molar-refractivity contribution >= 4 is 21.4 Å². The molecule has 4 rings (SSSR count). The van der Waals surface area contributed by atoms with Crippen LogP contribution < -0.4 is 14.4 Å². The van der Waals surface area contributed by atoms with Crippen molar-refractivity contribution in [3.63, 3.8) is 0 Å². The Morgan fingerprint density at radius 2 is 1.81 bits per heavy atom. The summed E-state index contributed by atoms with van der Waals surface area (Å²) in [5.41, 5.74) is 0.0506. The summed E-state index contributed by atoms with van der Waals surface area (Å²) in [6.07, 6.45) is -0.330. The summed E-state index contributed by atoms with van der Waals surface area (Å²) in [7, 11) is -0.167. The maximum absolute atomic E-state index is 13.0. The van der Waals surface area contributed by atoms with E-state index < -0.39 is 14.9 Å². The molecule has 2 aromatic rings. The van der Waals surface area contributed by atoms with Crippen molar-refractivity contribution in [2.24, 2.45) is 0 Å². The third-order valence-corrected chi connectivity index (χ3v) is 7.59. The van der Waals surface area contributed by atoms with Crippen molar-refractivity contribution in [2.75, 3.05) is 58.3 Å². The summed E-state index contributed by atoms with van der Waals surface area (Å²) in [6.45, 7) is 2.60. The number of nitro benzene ring substituents is 1. The molecule has 0 amide bonds. The van der Waals surface area contributed by atoms with Gasteiger partial charge in [-0.2, -0.15) is 4.31 Å². The van der Waals surface area contributed by atoms with E-state index in [0.29, 0.717) is 56.5 Å². The Labute approximate surface area is 187 Å². The van der Waals surface area contributed by atoms with E-state index >= 15 is 0 Å². The van der Waals surface area contributed by atoms with Gasteiger partial charge in [0.05, 0.1) is 16.4 Å². The molecule has 1 unspecified atom stereocenters. The molecule has 1 atom stereocenters. The van der Waals surface area contributed by atoms with Gasteiger partial charge in [-0.1, -0.05) is 12.1 Å². The molecule has 2 aliphatic heterocycles. The van der Waals surface area contributed by atoms with Crippen LogP contribution in [0.25, 0.3) is 0 Å². The van der Waals surface area contributed by atoms with Crippen LogP contribution in [0.1, 0.15) is 0 Å². The molecular formula is C21H26N4O6S. The molecule has 1 fully saturated rings. The summed E-state index contributed by atoms with van der Waals surface area (Å²) < 4.78 is 39.1. The first-order valence-corrected chi connectivity index (χ1v) is 11.8. The van der Waals surface area contributed by atoms with Gasteiger partial charge < -0.3 is 19.3 Å². The van der Waals surface area contributed by atoms with Crippen LogP contribution in [-0.4, -0.2) is 82.1 Å². The normalized spacial score (nSPS) is 19.5. The number of ether oxygens (including phenoxy) is 2. The number of piperazine rings is 1. The van der Waals surface area contributed by atoms with Crippen LogP contribution in [0.15, 0.2) is 47.4 Å². The first kappa shape index (κ1) is 22.3. The molecule has 32 heavy (non-hydrogen) atoms. The van der Waals surface area contributed by atoms with Crippen LogP contribution in [0.2, 0.25) is 0 Å². The second kappa shape index (κ2) is 8.93. The molecule has 0 spiro atoms. The number of rotatable bonds is 6. The number of fused-ring (bicyclic) bond motifs is 1. The maximum Gasteiger partial charge on any atom is 0.293 e. The number of sulfonamides is 1. The molecule has 0 bridgehead atoms. The van der Waals surface area contributed by atoms with Crippen LogP contribution in [0.5, 0.6) is 11.5 Å². The standard InChI is InChI=1S/C21H26N4O6S/c1-22-9-11-24(12-10-22)32(28,29)17-7-8-18(19(13-17)25(26)27)23(2)14-16-15-30-20-5-3-4-6-21(20)31-16/h3-8,13,16H,9-12,14-15H2,1-2H3. The number of nitrogens with zero attached hydrogens (tertiary/aromatic N) is 4. The van der Waals surface area contributed by atoms with Gasteiger partial charge in [0.2, 0.25) is 10.0 Å². The van der Waals surface area contributed by atoms with Gasteiger partial charge in [-0.25, -0.2) is 8.42 Å². The lowest BCUT2D eigenvalue weighted by Gasteiger charge is -2.32. The predicted octanol–water partition coefficient (Wildman–Crippen LogP) is 1.81. The number of nitro groups is 1. The molecule has 11 heteroatoms. The number of para-hydroxylation sites is 2. The number of likely N-dealkylation sites (N-methyl/N-ethyl adjacent to an activating group) is 2. The molecule has 1 saturated heterocycles. The Balaban J connectivity index is 1.54. The molecule has 2 heterocycles. The van der Waals surface area contributed by atoms with Gasteiger partial charge in [-0.3, -0.25) is 10.1 Å². The Hall–Kier alpha value is -2.89. The Kier molecular flexibility index (Phi) is 6.22. The van der Waals surface area contributed by atoms with Crippen molar-refractivity contribution in [3.05, 3.63) is 52.6 Å². The van der Waals surface area contributed by atoms with Gasteiger partial charge in [-0.05, 0) is 31.3 Å². The second-order valence-corrected chi connectivity index (χ2v) is 9.93. The quantitative estimate of drug-likeness (QED) is 0.473. The van der Waals surface area contributed by atoms with Crippen molar-refractivity contribution in [2.45, 2.75) is 11.0 Å². The molecule has 10 nitrogen and oxygen atoms in total. The van der Waals surface area contributed by atoms with Gasteiger partial charge >= 0.3 is 0 Å². The van der Waals surface area contributed by atoms with Crippen LogP contribution >= 0.6 is 0 Å². The molecule has 0 radical (unpaired) electrons. The van der Waals surface area contributed by atoms with E-state index in [-0.39, 0.29) is 16.7 Å². The zero-order chi connectivity index (χ0) is 22.9. The Bertz CT molecular complexity index is 1100. The van der Waals surface area contributed by atoms with E-state index in [9.17, 15) is 18.5 Å². The highest BCUT2D eigenvalue weighted by Crippen LogP contribution is 2.34. The lowest BCUT2D eigenvalue weighted by molar-refractivity contribution is -0.384. The molecule has 2 aromatic carbocycles. The molecule has 172 valence electrons. The molecule has 0 aliphatic carbocycles. The average Bonchev–Trinajstić information content (AvgIpc) is 2.78. The molecule has 0 saturated carbocycles. The predicted molar refractivity (Wildman–Crippen MR) is 119 cm³/mol. The largest absolute Gasteiger partial charge is 0.486 e. The van der Waals surface area contributed by atoms with E-state index in [1.165, 1.54) is 16.4 Å². The van der Waals surface area contributed by atoms with Crippen LogP contribution in [0.4, 0.5) is 11.4 Å². The highest BCUT2D eigenvalue weighted by molar-refractivity contribution is 7.89. The van der Waals surface area contributed by atoms with Crippen molar-refractivity contribution in [3.8, 4) is 11.5 Å². The smallest absolute Gasteiger partial charge is 0.293 e. The second-order valence-electron chi connectivity index (χ2n) is 7.99. The minimum atomic E-state index is -3.81. The fraction of sp³-hybridized carbons (Fsp3) is 0.429. The number of hydrogen-bond acceptors (Lipinski definition) is 8. The third-order valence-electron chi connectivity index (χ3n) is 5.70. The monoisotopic (exact) mass is 462 g/mol. The van der Waals surface area contributed by atoms with E-state index in [2.05, 4.69) is 0 Å². The molecule has 0 N–H and O–H groups in total. The lowest BCUT2D eigenvalue weighted by atomic mass is 10.2. The van der Waals surface area contributed by atoms with E-state index in [4.69, 9.17) is 9.47 Å². The number of benzene rings is 2. The Morgan fingerprint density at radius 1 is 1.12 bits per heavy atom. The lowest BCUT2D eigenvalue weighted by Crippen LogP contribution is -2.47. The molecule has 0 aromatic heterocycles. The first-order valence-electron chi connectivity index (χ1n) is 10.3. The summed E-state index contributed by atoms with van der Waals surface area (Å²) in [5.74, 6) is 1.29. The first-order chi connectivity index (χ1) is 15.3. The van der Waals surface area contributed by atoms with Crippen LogP contribution in [0, 0.1) is 10.1 Å². The summed E-state index contributed by atoms with van der Waals surface area (Å²) in [4.78, 5) is 14.9. The number of hydrogen-bond donors (Lipinski definition) is 0. The van der Waals surface area contributed by atoms with E-state index in [1.807, 2.05) is 36.2 Å². The van der Waals surface area contributed by atoms with Crippen molar-refractivity contribution in [1.82, 2.24) is 9.21 Å². The average molecular weight is 463 g/mol. The topological polar surface area (TPSA) is 105 Å². The zero-order valence-corrected chi connectivity index (χ0v) is 18.8. The minimum Gasteiger partial charge on any atom is -0.486 e. The van der Waals surface area contributed by atoms with E-state index in [0.717, 1.165) is 6.07 Å². The fourth-order valence-corrected chi connectivity index (χ4v) is 5.31. The highest BCUT2D eigenvalue weighted by atomic mass is 32.2. The zero-order valence-electron chi connectivity index (χ0n) is 18.0. The Morgan fingerprint density at radius 3 is 2.50 bits per heavy atom. The minimum absolute atomic E-state index is 0.0721. The highest BCUT2D eigenvalue weighted by Gasteiger charge is 2.31. The summed E-state index contributed by atoms with van der Waals surface area (Å²) in [6, 6.07) is 11.4. The summed E-state index contributed by atoms with van der Waals surface area (Å²) >= 11 is 0. The maximum atomic E-state index is 13.0. The van der Waals surface area contributed by atoms with Gasteiger partial charge in [0.25, 0.3) is 5.69 Å². The molecule has 2 aliphatic rings. The number of anilines is 1. The van der Waals surface area contributed by atoms with Gasteiger partial charge in [0.1, 0.15) is 12.3 Å². The van der Waals surface area contributed by atoms with E-state index in [1.54, 1.807) is 11.9 Å². The van der Waals surface area contributed by atoms with Gasteiger partial charge in [-0.15, -0.1) is 0 Å². The summed E-state index contributed by atoms with van der Waals surface area (Å²) in [5, 5.41) is 11.8. The fourth-order valence-electron chi connectivity index (χ4n) is 3.87. The third kappa shape index (κ3) is 4.50. The van der Waals surface area contributed by atoms with Gasteiger partial charge in [0.15, 0.2) is 17.6 Å². The van der Waals surface area contributed by atoms with Crippen molar-refractivity contribution in [1.29, 1.82) is 0 Å². The van der Waals surface area contributed by atoms with Crippen molar-refractivity contribution < 1.29 is 22.8 Å². The van der Waals surface area contributed by atoms with Crippen LogP contribution in [-0.2, 0) is 10.0 Å². The van der Waals surface area contributed by atoms with Gasteiger partial charge in [0, 0.05) is 39.3 Å². The van der Waals surface area contributed by atoms with Crippen LogP contribution in [0.3, 0.4) is 0 Å². The molecular weight excluding hydrogens is 436 g/mol. The SMILES string of the molecule is CN1CCN(S(=O)(=O)c2ccc(N(C)CC3COc4ccccc4O3)c([N+](=O)[O-])c2)CC1.